The standard InChI is InChI=1S/C13H28O2Si/c1-13(2,3)16(4,5)15-10-11-8-6-7-9-12(11)14/h11-12,14H,6-10H2,1-5H3/t11-,12-/m0/s1. The van der Waals surface area contributed by atoms with Crippen molar-refractivity contribution >= 4 is 8.32 Å². The van der Waals surface area contributed by atoms with Gasteiger partial charge >= 0.3 is 0 Å². The SMILES string of the molecule is CC(C)(C)[Si](C)(C)OC[C@@H]1CCCC[C@@H]1O. The number of hydrogen-bond donors (Lipinski definition) is 1. The van der Waals surface area contributed by atoms with Gasteiger partial charge in [0, 0.05) is 12.5 Å². The van der Waals surface area contributed by atoms with Gasteiger partial charge < -0.3 is 9.53 Å². The van der Waals surface area contributed by atoms with E-state index in [2.05, 4.69) is 33.9 Å². The molecule has 2 atom stereocenters. The molecule has 0 aromatic rings. The fraction of sp³-hybridized carbons (Fsp3) is 1.00. The van der Waals surface area contributed by atoms with E-state index in [4.69, 9.17) is 4.43 Å². The predicted molar refractivity (Wildman–Crippen MR) is 71.1 cm³/mol. The highest BCUT2D eigenvalue weighted by molar-refractivity contribution is 6.74. The first kappa shape index (κ1) is 14.2. The molecule has 1 N–H and O–H groups in total. The monoisotopic (exact) mass is 244 g/mol. The van der Waals surface area contributed by atoms with Crippen LogP contribution in [0.25, 0.3) is 0 Å². The van der Waals surface area contributed by atoms with Crippen molar-refractivity contribution in [1.82, 2.24) is 0 Å². The molecule has 1 saturated carbocycles. The van der Waals surface area contributed by atoms with Crippen molar-refractivity contribution in [2.24, 2.45) is 5.92 Å². The Morgan fingerprint density at radius 1 is 1.19 bits per heavy atom. The Balaban J connectivity index is 2.44. The zero-order valence-electron chi connectivity index (χ0n) is 11.5. The van der Waals surface area contributed by atoms with Crippen LogP contribution in [0.3, 0.4) is 0 Å². The molecule has 0 saturated heterocycles. The van der Waals surface area contributed by atoms with Gasteiger partial charge in [0.25, 0.3) is 0 Å². The Labute approximate surface area is 102 Å². The summed E-state index contributed by atoms with van der Waals surface area (Å²) in [4.78, 5) is 0. The topological polar surface area (TPSA) is 29.5 Å². The molecule has 1 fully saturated rings. The molecule has 0 spiro atoms. The van der Waals surface area contributed by atoms with E-state index in [1.54, 1.807) is 0 Å². The average Bonchev–Trinajstić information content (AvgIpc) is 2.15. The van der Waals surface area contributed by atoms with E-state index in [-0.39, 0.29) is 11.1 Å². The van der Waals surface area contributed by atoms with E-state index < -0.39 is 8.32 Å². The van der Waals surface area contributed by atoms with Crippen molar-refractivity contribution in [3.63, 3.8) is 0 Å². The molecule has 16 heavy (non-hydrogen) atoms. The fourth-order valence-electron chi connectivity index (χ4n) is 1.91. The van der Waals surface area contributed by atoms with Crippen molar-refractivity contribution < 1.29 is 9.53 Å². The number of aliphatic hydroxyl groups is 1. The van der Waals surface area contributed by atoms with Gasteiger partial charge in [-0.05, 0) is 31.0 Å². The zero-order chi connectivity index (χ0) is 12.4. The lowest BCUT2D eigenvalue weighted by Gasteiger charge is -2.38. The first-order valence-corrected chi connectivity index (χ1v) is 9.47. The molecule has 1 aliphatic rings. The van der Waals surface area contributed by atoms with Gasteiger partial charge in [-0.25, -0.2) is 0 Å². The minimum atomic E-state index is -1.63. The molecule has 3 heteroatoms. The number of rotatable bonds is 3. The van der Waals surface area contributed by atoms with Gasteiger partial charge in [-0.2, -0.15) is 0 Å². The Hall–Kier alpha value is 0.137. The number of hydrogen-bond acceptors (Lipinski definition) is 2. The maximum absolute atomic E-state index is 9.90. The van der Waals surface area contributed by atoms with Gasteiger partial charge in [0.15, 0.2) is 8.32 Å². The van der Waals surface area contributed by atoms with Crippen LogP contribution in [0.4, 0.5) is 0 Å². The van der Waals surface area contributed by atoms with Crippen LogP contribution in [0.15, 0.2) is 0 Å². The summed E-state index contributed by atoms with van der Waals surface area (Å²) in [5, 5.41) is 10.2. The number of aliphatic hydroxyl groups excluding tert-OH is 1. The predicted octanol–water partition coefficient (Wildman–Crippen LogP) is 3.56. The van der Waals surface area contributed by atoms with E-state index in [1.807, 2.05) is 0 Å². The molecule has 0 aromatic heterocycles. The third-order valence-corrected chi connectivity index (χ3v) is 8.83. The Bertz CT molecular complexity index is 220. The molecule has 1 aliphatic carbocycles. The van der Waals surface area contributed by atoms with Crippen LogP contribution in [-0.4, -0.2) is 26.1 Å². The van der Waals surface area contributed by atoms with Gasteiger partial charge in [0.05, 0.1) is 6.10 Å². The van der Waals surface area contributed by atoms with Crippen LogP contribution in [-0.2, 0) is 4.43 Å². The summed E-state index contributed by atoms with van der Waals surface area (Å²) < 4.78 is 6.18. The van der Waals surface area contributed by atoms with E-state index in [0.717, 1.165) is 19.4 Å². The molecule has 96 valence electrons. The second-order valence-electron chi connectivity index (χ2n) is 6.68. The first-order valence-electron chi connectivity index (χ1n) is 6.56. The molecule has 0 amide bonds. The molecule has 0 bridgehead atoms. The molecular weight excluding hydrogens is 216 g/mol. The van der Waals surface area contributed by atoms with Crippen LogP contribution in [0, 0.1) is 5.92 Å². The van der Waals surface area contributed by atoms with Crippen molar-refractivity contribution in [2.45, 2.75) is 70.7 Å². The molecule has 0 heterocycles. The Kier molecular flexibility index (Phi) is 4.61. The summed E-state index contributed by atoms with van der Waals surface area (Å²) in [6.07, 6.45) is 4.40. The second-order valence-corrected chi connectivity index (χ2v) is 11.5. The fourth-order valence-corrected chi connectivity index (χ4v) is 2.98. The summed E-state index contributed by atoms with van der Waals surface area (Å²) in [5.74, 6) is 0.378. The van der Waals surface area contributed by atoms with Gasteiger partial charge in [0.2, 0.25) is 0 Å². The molecule has 0 aromatic carbocycles. The highest BCUT2D eigenvalue weighted by atomic mass is 28.4. The average molecular weight is 244 g/mol. The van der Waals surface area contributed by atoms with Gasteiger partial charge in [-0.15, -0.1) is 0 Å². The normalized spacial score (nSPS) is 28.1. The quantitative estimate of drug-likeness (QED) is 0.769. The zero-order valence-corrected chi connectivity index (χ0v) is 12.5. The third kappa shape index (κ3) is 3.57. The third-order valence-electron chi connectivity index (χ3n) is 4.33. The Morgan fingerprint density at radius 3 is 2.25 bits per heavy atom. The van der Waals surface area contributed by atoms with Crippen LogP contribution in [0.1, 0.15) is 46.5 Å². The molecule has 2 nitrogen and oxygen atoms in total. The van der Waals surface area contributed by atoms with Crippen molar-refractivity contribution in [1.29, 1.82) is 0 Å². The maximum Gasteiger partial charge on any atom is 0.191 e. The lowest BCUT2D eigenvalue weighted by atomic mass is 9.87. The van der Waals surface area contributed by atoms with Crippen molar-refractivity contribution in [3.05, 3.63) is 0 Å². The Morgan fingerprint density at radius 2 is 1.75 bits per heavy atom. The molecule has 1 rings (SSSR count). The van der Waals surface area contributed by atoms with E-state index >= 15 is 0 Å². The van der Waals surface area contributed by atoms with Gasteiger partial charge in [0.1, 0.15) is 0 Å². The van der Waals surface area contributed by atoms with E-state index in [9.17, 15) is 5.11 Å². The molecule has 0 aliphatic heterocycles. The van der Waals surface area contributed by atoms with Crippen molar-refractivity contribution in [2.75, 3.05) is 6.61 Å². The van der Waals surface area contributed by atoms with E-state index in [0.29, 0.717) is 5.92 Å². The summed E-state index contributed by atoms with van der Waals surface area (Å²) in [6, 6.07) is 0. The summed E-state index contributed by atoms with van der Waals surface area (Å²) in [6.45, 7) is 12.1. The first-order chi connectivity index (χ1) is 7.24. The maximum atomic E-state index is 9.90. The van der Waals surface area contributed by atoms with Crippen molar-refractivity contribution in [3.8, 4) is 0 Å². The molecule has 0 unspecified atom stereocenters. The smallest absolute Gasteiger partial charge is 0.191 e. The van der Waals surface area contributed by atoms with Crippen LogP contribution >= 0.6 is 0 Å². The summed E-state index contributed by atoms with van der Waals surface area (Å²) in [7, 11) is -1.63. The minimum Gasteiger partial charge on any atom is -0.416 e. The largest absolute Gasteiger partial charge is 0.416 e. The van der Waals surface area contributed by atoms with Crippen LogP contribution < -0.4 is 0 Å². The molecule has 0 radical (unpaired) electrons. The van der Waals surface area contributed by atoms with Gasteiger partial charge in [-0.3, -0.25) is 0 Å². The minimum absolute atomic E-state index is 0.126. The van der Waals surface area contributed by atoms with Crippen LogP contribution in [0.5, 0.6) is 0 Å². The lowest BCUT2D eigenvalue weighted by molar-refractivity contribution is 0.0389. The highest BCUT2D eigenvalue weighted by Crippen LogP contribution is 2.37. The lowest BCUT2D eigenvalue weighted by Crippen LogP contribution is -2.43. The summed E-state index contributed by atoms with van der Waals surface area (Å²) in [5.41, 5.74) is 0. The summed E-state index contributed by atoms with van der Waals surface area (Å²) >= 11 is 0. The van der Waals surface area contributed by atoms with Crippen LogP contribution in [0.2, 0.25) is 18.1 Å². The second kappa shape index (κ2) is 5.19. The van der Waals surface area contributed by atoms with E-state index in [1.165, 1.54) is 12.8 Å². The highest BCUT2D eigenvalue weighted by Gasteiger charge is 2.38. The van der Waals surface area contributed by atoms with Gasteiger partial charge in [-0.1, -0.05) is 33.6 Å². The molecular formula is C13H28O2Si.